The number of pyridine rings is 1. The number of hydrogen-bond acceptors (Lipinski definition) is 7. The van der Waals surface area contributed by atoms with E-state index in [4.69, 9.17) is 19.8 Å². The number of aromatic nitrogens is 6. The summed E-state index contributed by atoms with van der Waals surface area (Å²) in [6.07, 6.45) is 7.14. The van der Waals surface area contributed by atoms with E-state index < -0.39 is 0 Å². The fraction of sp³-hybridized carbons (Fsp3) is 0.333. The number of methoxy groups -OCH3 is 1. The Labute approximate surface area is 177 Å². The van der Waals surface area contributed by atoms with E-state index in [9.17, 15) is 0 Å². The maximum atomic E-state index is 5.56. The predicted molar refractivity (Wildman–Crippen MR) is 115 cm³/mol. The van der Waals surface area contributed by atoms with Crippen molar-refractivity contribution in [2.24, 2.45) is 0 Å². The Kier molecular flexibility index (Phi) is 3.92. The Balaban J connectivity index is 1.34. The van der Waals surface area contributed by atoms with Crippen LogP contribution in [0.4, 0.5) is 10.9 Å². The van der Waals surface area contributed by atoms with Crippen molar-refractivity contribution in [2.45, 2.75) is 32.7 Å². The number of thiazole rings is 1. The fourth-order valence-corrected chi connectivity index (χ4v) is 5.20. The standard InChI is InChI=1S/C21H21N7OS/c1-13-10-26(12-22-13)18-7-6-16(23-19(18)29-2)17-11-30-21(24-17)27-8-9-28-20(27)14-4-3-5-15(14)25-28/h6-7,10-12H,3-5,8-9H2,1-2H3. The van der Waals surface area contributed by atoms with E-state index >= 15 is 0 Å². The summed E-state index contributed by atoms with van der Waals surface area (Å²) >= 11 is 1.65. The van der Waals surface area contributed by atoms with Crippen molar-refractivity contribution in [1.82, 2.24) is 29.3 Å². The van der Waals surface area contributed by atoms with Crippen LogP contribution in [0.3, 0.4) is 0 Å². The van der Waals surface area contributed by atoms with Crippen LogP contribution in [-0.4, -0.2) is 43.0 Å². The molecule has 0 spiro atoms. The highest BCUT2D eigenvalue weighted by Crippen LogP contribution is 2.40. The maximum Gasteiger partial charge on any atom is 0.238 e. The van der Waals surface area contributed by atoms with Crippen molar-refractivity contribution in [2.75, 3.05) is 18.6 Å². The van der Waals surface area contributed by atoms with Gasteiger partial charge in [-0.15, -0.1) is 11.3 Å². The zero-order valence-electron chi connectivity index (χ0n) is 16.9. The third-order valence-electron chi connectivity index (χ3n) is 5.74. The molecule has 0 saturated carbocycles. The zero-order valence-corrected chi connectivity index (χ0v) is 17.7. The van der Waals surface area contributed by atoms with Crippen molar-refractivity contribution in [3.05, 3.63) is 47.0 Å². The van der Waals surface area contributed by atoms with E-state index in [1.165, 1.54) is 23.5 Å². The largest absolute Gasteiger partial charge is 0.479 e. The molecule has 0 amide bonds. The van der Waals surface area contributed by atoms with Crippen LogP contribution in [0.25, 0.3) is 17.1 Å². The third kappa shape index (κ3) is 2.65. The Morgan fingerprint density at radius 3 is 2.87 bits per heavy atom. The van der Waals surface area contributed by atoms with Crippen LogP contribution in [0.5, 0.6) is 5.88 Å². The van der Waals surface area contributed by atoms with Gasteiger partial charge in [-0.1, -0.05) is 0 Å². The second-order valence-electron chi connectivity index (χ2n) is 7.64. The molecule has 0 unspecified atom stereocenters. The molecule has 4 aromatic heterocycles. The first-order chi connectivity index (χ1) is 14.7. The SMILES string of the molecule is COc1nc(-c2csc(N3CCn4nc5c(c43)CCC5)n2)ccc1-n1cnc(C)c1. The average Bonchev–Trinajstić information content (AvgIpc) is 3.54. The number of rotatable bonds is 4. The Morgan fingerprint density at radius 2 is 2.03 bits per heavy atom. The highest BCUT2D eigenvalue weighted by molar-refractivity contribution is 7.14. The summed E-state index contributed by atoms with van der Waals surface area (Å²) in [6.45, 7) is 3.79. The minimum absolute atomic E-state index is 0.552. The number of ether oxygens (including phenoxy) is 1. The molecule has 0 saturated heterocycles. The third-order valence-corrected chi connectivity index (χ3v) is 6.61. The van der Waals surface area contributed by atoms with Crippen LogP contribution >= 0.6 is 11.3 Å². The molecule has 0 aromatic carbocycles. The molecule has 1 aliphatic carbocycles. The van der Waals surface area contributed by atoms with Crippen molar-refractivity contribution in [3.63, 3.8) is 0 Å². The number of aryl methyl sites for hydroxylation is 2. The van der Waals surface area contributed by atoms with Gasteiger partial charge in [-0.25, -0.2) is 19.6 Å². The van der Waals surface area contributed by atoms with Gasteiger partial charge in [-0.05, 0) is 38.3 Å². The molecular weight excluding hydrogens is 398 g/mol. The number of nitrogens with zero attached hydrogens (tertiary/aromatic N) is 7. The molecule has 0 radical (unpaired) electrons. The highest BCUT2D eigenvalue weighted by atomic mass is 32.1. The van der Waals surface area contributed by atoms with E-state index in [-0.39, 0.29) is 0 Å². The molecule has 2 aliphatic rings. The second kappa shape index (κ2) is 6.66. The molecule has 152 valence electrons. The zero-order chi connectivity index (χ0) is 20.2. The molecule has 0 bridgehead atoms. The Morgan fingerprint density at radius 1 is 1.10 bits per heavy atom. The summed E-state index contributed by atoms with van der Waals surface area (Å²) in [5.74, 6) is 1.79. The topological polar surface area (TPSA) is 73.9 Å². The first kappa shape index (κ1) is 17.6. The molecule has 0 atom stereocenters. The number of fused-ring (bicyclic) bond motifs is 3. The van der Waals surface area contributed by atoms with Gasteiger partial charge in [-0.2, -0.15) is 5.10 Å². The monoisotopic (exact) mass is 419 g/mol. The van der Waals surface area contributed by atoms with E-state index in [0.717, 1.165) is 53.8 Å². The Bertz CT molecular complexity index is 1250. The van der Waals surface area contributed by atoms with Gasteiger partial charge in [0.1, 0.15) is 17.2 Å². The minimum atomic E-state index is 0.552. The highest BCUT2D eigenvalue weighted by Gasteiger charge is 2.32. The van der Waals surface area contributed by atoms with Gasteiger partial charge in [0.05, 0.1) is 37.1 Å². The lowest BCUT2D eigenvalue weighted by Crippen LogP contribution is -2.14. The number of imidazole rings is 1. The summed E-state index contributed by atoms with van der Waals surface area (Å²) < 4.78 is 9.63. The molecule has 1 aliphatic heterocycles. The second-order valence-corrected chi connectivity index (χ2v) is 8.48. The van der Waals surface area contributed by atoms with Crippen molar-refractivity contribution >= 4 is 22.3 Å². The fourth-order valence-electron chi connectivity index (χ4n) is 4.35. The molecule has 8 nitrogen and oxygen atoms in total. The molecule has 4 aromatic rings. The van der Waals surface area contributed by atoms with E-state index in [2.05, 4.69) is 19.9 Å². The van der Waals surface area contributed by atoms with Crippen LogP contribution in [0.15, 0.2) is 30.0 Å². The van der Waals surface area contributed by atoms with Gasteiger partial charge in [0, 0.05) is 23.7 Å². The maximum absolute atomic E-state index is 5.56. The first-order valence-electron chi connectivity index (χ1n) is 10.1. The van der Waals surface area contributed by atoms with Crippen LogP contribution in [0.2, 0.25) is 0 Å². The lowest BCUT2D eigenvalue weighted by Gasteiger charge is -2.14. The van der Waals surface area contributed by atoms with E-state index in [1.54, 1.807) is 24.8 Å². The lowest BCUT2D eigenvalue weighted by molar-refractivity contribution is 0.396. The van der Waals surface area contributed by atoms with Gasteiger partial charge >= 0.3 is 0 Å². The summed E-state index contributed by atoms with van der Waals surface area (Å²) in [6, 6.07) is 3.98. The summed E-state index contributed by atoms with van der Waals surface area (Å²) in [4.78, 5) is 16.2. The van der Waals surface area contributed by atoms with E-state index in [1.807, 2.05) is 29.8 Å². The van der Waals surface area contributed by atoms with Gasteiger partial charge in [0.25, 0.3) is 0 Å². The summed E-state index contributed by atoms with van der Waals surface area (Å²) in [7, 11) is 1.64. The quantitative estimate of drug-likeness (QED) is 0.504. The van der Waals surface area contributed by atoms with Crippen molar-refractivity contribution in [1.29, 1.82) is 0 Å². The van der Waals surface area contributed by atoms with Crippen LogP contribution < -0.4 is 9.64 Å². The molecule has 6 rings (SSSR count). The molecule has 0 fully saturated rings. The molecule has 0 N–H and O–H groups in total. The van der Waals surface area contributed by atoms with Crippen molar-refractivity contribution < 1.29 is 4.74 Å². The van der Waals surface area contributed by atoms with Gasteiger partial charge in [0.15, 0.2) is 5.13 Å². The molecule has 30 heavy (non-hydrogen) atoms. The van der Waals surface area contributed by atoms with Gasteiger partial charge < -0.3 is 14.2 Å². The van der Waals surface area contributed by atoms with Crippen LogP contribution in [0.1, 0.15) is 23.4 Å². The van der Waals surface area contributed by atoms with Crippen molar-refractivity contribution in [3.8, 4) is 23.0 Å². The van der Waals surface area contributed by atoms with Gasteiger partial charge in [0.2, 0.25) is 5.88 Å². The summed E-state index contributed by atoms with van der Waals surface area (Å²) in [5, 5.41) is 7.85. The normalized spacial score (nSPS) is 14.9. The molecule has 9 heteroatoms. The summed E-state index contributed by atoms with van der Waals surface area (Å²) in [5.41, 5.74) is 6.13. The van der Waals surface area contributed by atoms with Gasteiger partial charge in [-0.3, -0.25) is 0 Å². The number of anilines is 2. The molecule has 5 heterocycles. The predicted octanol–water partition coefficient (Wildman–Crippen LogP) is 3.54. The smallest absolute Gasteiger partial charge is 0.238 e. The van der Waals surface area contributed by atoms with Crippen LogP contribution in [-0.2, 0) is 19.4 Å². The average molecular weight is 420 g/mol. The first-order valence-corrected chi connectivity index (χ1v) is 11.0. The number of hydrogen-bond donors (Lipinski definition) is 0. The minimum Gasteiger partial charge on any atom is -0.479 e. The molecular formula is C21H21N7OS. The lowest BCUT2D eigenvalue weighted by atomic mass is 10.2. The van der Waals surface area contributed by atoms with Crippen LogP contribution in [0, 0.1) is 6.92 Å². The Hall–Kier alpha value is -3.20. The van der Waals surface area contributed by atoms with E-state index in [0.29, 0.717) is 5.88 Å².